The fourth-order valence-corrected chi connectivity index (χ4v) is 3.55. The van der Waals surface area contributed by atoms with Crippen LogP contribution in [0.1, 0.15) is 24.8 Å². The Bertz CT molecular complexity index is 452. The number of rotatable bonds is 7. The molecule has 2 unspecified atom stereocenters. The molecule has 0 aliphatic carbocycles. The van der Waals surface area contributed by atoms with Crippen LogP contribution in [-0.2, 0) is 16.1 Å². The third-order valence-corrected chi connectivity index (χ3v) is 4.59. The number of nitrogens with one attached hydrogen (secondary N) is 1. The molecule has 2 saturated heterocycles. The number of nitrogens with zero attached hydrogens (tertiary/aromatic N) is 1. The Balaban J connectivity index is 1.53. The van der Waals surface area contributed by atoms with Crippen molar-refractivity contribution >= 4 is 5.69 Å². The molecular formula is C17H26N2O2. The van der Waals surface area contributed by atoms with E-state index in [2.05, 4.69) is 34.5 Å². The summed E-state index contributed by atoms with van der Waals surface area (Å²) in [5.41, 5.74) is 2.44. The Kier molecular flexibility index (Phi) is 5.12. The second-order valence-electron chi connectivity index (χ2n) is 6.03. The number of hydrogen-bond donors (Lipinski definition) is 1. The fraction of sp³-hybridized carbons (Fsp3) is 0.647. The van der Waals surface area contributed by atoms with Crippen LogP contribution in [0.4, 0.5) is 5.69 Å². The van der Waals surface area contributed by atoms with Gasteiger partial charge in [0.05, 0.1) is 19.8 Å². The van der Waals surface area contributed by atoms with Gasteiger partial charge in [-0.05, 0) is 43.5 Å². The van der Waals surface area contributed by atoms with Crippen molar-refractivity contribution < 1.29 is 9.47 Å². The van der Waals surface area contributed by atoms with Gasteiger partial charge in [-0.15, -0.1) is 0 Å². The van der Waals surface area contributed by atoms with Crippen LogP contribution in [0.25, 0.3) is 0 Å². The normalized spacial score (nSPS) is 25.2. The number of benzene rings is 1. The van der Waals surface area contributed by atoms with Gasteiger partial charge in [0, 0.05) is 31.4 Å². The standard InChI is InChI=1S/C17H26N2O2/c1-20-10-11-21-13-14-4-2-5-15(12-14)18-16-7-9-19-8-3-6-17(16)19/h2,4-5,12,16-18H,3,6-11,13H2,1H3. The molecule has 2 fully saturated rings. The molecule has 0 saturated carbocycles. The molecule has 3 rings (SSSR count). The molecule has 21 heavy (non-hydrogen) atoms. The summed E-state index contributed by atoms with van der Waals surface area (Å²) in [6, 6.07) is 9.96. The largest absolute Gasteiger partial charge is 0.382 e. The van der Waals surface area contributed by atoms with Gasteiger partial charge >= 0.3 is 0 Å². The van der Waals surface area contributed by atoms with E-state index in [4.69, 9.17) is 9.47 Å². The van der Waals surface area contributed by atoms with E-state index in [1.165, 1.54) is 43.6 Å². The Labute approximate surface area is 127 Å². The molecule has 4 nitrogen and oxygen atoms in total. The van der Waals surface area contributed by atoms with Gasteiger partial charge in [-0.3, -0.25) is 4.90 Å². The lowest BCUT2D eigenvalue weighted by Gasteiger charge is -2.22. The van der Waals surface area contributed by atoms with E-state index in [1.54, 1.807) is 7.11 Å². The van der Waals surface area contributed by atoms with Crippen LogP contribution in [0, 0.1) is 0 Å². The molecule has 116 valence electrons. The van der Waals surface area contributed by atoms with Crippen LogP contribution in [-0.4, -0.2) is 50.4 Å². The molecule has 1 aromatic carbocycles. The zero-order chi connectivity index (χ0) is 14.5. The molecule has 0 amide bonds. The van der Waals surface area contributed by atoms with E-state index >= 15 is 0 Å². The van der Waals surface area contributed by atoms with Gasteiger partial charge in [0.1, 0.15) is 0 Å². The third kappa shape index (κ3) is 3.76. The maximum atomic E-state index is 5.59. The lowest BCUT2D eigenvalue weighted by Crippen LogP contribution is -2.33. The first-order valence-corrected chi connectivity index (χ1v) is 8.03. The summed E-state index contributed by atoms with van der Waals surface area (Å²) in [7, 11) is 1.70. The van der Waals surface area contributed by atoms with Crippen LogP contribution >= 0.6 is 0 Å². The van der Waals surface area contributed by atoms with Crippen molar-refractivity contribution in [3.8, 4) is 0 Å². The lowest BCUT2D eigenvalue weighted by atomic mass is 10.1. The second-order valence-corrected chi connectivity index (χ2v) is 6.03. The quantitative estimate of drug-likeness (QED) is 0.782. The highest BCUT2D eigenvalue weighted by Gasteiger charge is 2.36. The van der Waals surface area contributed by atoms with Gasteiger partial charge in [-0.2, -0.15) is 0 Å². The van der Waals surface area contributed by atoms with Crippen LogP contribution in [0.15, 0.2) is 24.3 Å². The van der Waals surface area contributed by atoms with Gasteiger partial charge in [0.2, 0.25) is 0 Å². The maximum Gasteiger partial charge on any atom is 0.0718 e. The average molecular weight is 290 g/mol. The average Bonchev–Trinajstić information content (AvgIpc) is 3.09. The fourth-order valence-electron chi connectivity index (χ4n) is 3.55. The predicted octanol–water partition coefficient (Wildman–Crippen LogP) is 2.50. The van der Waals surface area contributed by atoms with Gasteiger partial charge in [0.15, 0.2) is 0 Å². The first-order chi connectivity index (χ1) is 10.4. The van der Waals surface area contributed by atoms with Gasteiger partial charge in [0.25, 0.3) is 0 Å². The van der Waals surface area contributed by atoms with Gasteiger partial charge in [-0.1, -0.05) is 12.1 Å². The molecule has 1 N–H and O–H groups in total. The summed E-state index contributed by atoms with van der Waals surface area (Å²) in [6.45, 7) is 4.49. The number of fused-ring (bicyclic) bond motifs is 1. The van der Waals surface area contributed by atoms with Crippen LogP contribution in [0.5, 0.6) is 0 Å². The minimum absolute atomic E-state index is 0.608. The molecule has 2 heterocycles. The van der Waals surface area contributed by atoms with Crippen molar-refractivity contribution in [3.63, 3.8) is 0 Å². The molecule has 1 aromatic rings. The van der Waals surface area contributed by atoms with E-state index in [0.717, 1.165) is 6.04 Å². The Morgan fingerprint density at radius 3 is 3.10 bits per heavy atom. The van der Waals surface area contributed by atoms with Gasteiger partial charge in [-0.25, -0.2) is 0 Å². The third-order valence-electron chi connectivity index (χ3n) is 4.59. The minimum Gasteiger partial charge on any atom is -0.382 e. The van der Waals surface area contributed by atoms with Crippen molar-refractivity contribution in [1.82, 2.24) is 4.90 Å². The van der Waals surface area contributed by atoms with Crippen molar-refractivity contribution in [2.45, 2.75) is 38.0 Å². The Hall–Kier alpha value is -1.10. The molecule has 0 bridgehead atoms. The van der Waals surface area contributed by atoms with Crippen molar-refractivity contribution in [1.29, 1.82) is 0 Å². The first kappa shape index (κ1) is 14.8. The molecule has 4 heteroatoms. The molecule has 2 atom stereocenters. The number of anilines is 1. The number of ether oxygens (including phenoxy) is 2. The van der Waals surface area contributed by atoms with Crippen LogP contribution < -0.4 is 5.32 Å². The van der Waals surface area contributed by atoms with E-state index in [-0.39, 0.29) is 0 Å². The molecule has 0 aromatic heterocycles. The second kappa shape index (κ2) is 7.25. The van der Waals surface area contributed by atoms with Gasteiger partial charge < -0.3 is 14.8 Å². The molecule has 2 aliphatic heterocycles. The van der Waals surface area contributed by atoms with E-state index in [9.17, 15) is 0 Å². The number of methoxy groups -OCH3 is 1. The first-order valence-electron chi connectivity index (χ1n) is 8.03. The van der Waals surface area contributed by atoms with Crippen LogP contribution in [0.2, 0.25) is 0 Å². The predicted molar refractivity (Wildman–Crippen MR) is 84.6 cm³/mol. The summed E-state index contributed by atoms with van der Waals surface area (Å²) in [5.74, 6) is 0. The highest BCUT2D eigenvalue weighted by Crippen LogP contribution is 2.30. The van der Waals surface area contributed by atoms with Crippen molar-refractivity contribution in [2.24, 2.45) is 0 Å². The molecular weight excluding hydrogens is 264 g/mol. The molecule has 0 spiro atoms. The monoisotopic (exact) mass is 290 g/mol. The number of hydrogen-bond acceptors (Lipinski definition) is 4. The zero-order valence-corrected chi connectivity index (χ0v) is 12.9. The van der Waals surface area contributed by atoms with E-state index < -0.39 is 0 Å². The zero-order valence-electron chi connectivity index (χ0n) is 12.9. The Morgan fingerprint density at radius 2 is 2.19 bits per heavy atom. The van der Waals surface area contributed by atoms with Crippen molar-refractivity contribution in [2.75, 3.05) is 38.7 Å². The Morgan fingerprint density at radius 1 is 1.24 bits per heavy atom. The smallest absolute Gasteiger partial charge is 0.0718 e. The summed E-state index contributed by atoms with van der Waals surface area (Å²) < 4.78 is 10.6. The lowest BCUT2D eigenvalue weighted by molar-refractivity contribution is 0.0617. The molecule has 2 aliphatic rings. The minimum atomic E-state index is 0.608. The van der Waals surface area contributed by atoms with Crippen molar-refractivity contribution in [3.05, 3.63) is 29.8 Å². The topological polar surface area (TPSA) is 33.7 Å². The summed E-state index contributed by atoms with van der Waals surface area (Å²) in [4.78, 5) is 2.63. The SMILES string of the molecule is COCCOCc1cccc(NC2CCN3CCCC23)c1. The summed E-state index contributed by atoms with van der Waals surface area (Å²) >= 11 is 0. The van der Waals surface area contributed by atoms with E-state index in [1.807, 2.05) is 0 Å². The molecule has 0 radical (unpaired) electrons. The highest BCUT2D eigenvalue weighted by molar-refractivity contribution is 5.47. The summed E-state index contributed by atoms with van der Waals surface area (Å²) in [6.07, 6.45) is 3.97. The maximum absolute atomic E-state index is 5.59. The highest BCUT2D eigenvalue weighted by atomic mass is 16.5. The van der Waals surface area contributed by atoms with Crippen LogP contribution in [0.3, 0.4) is 0 Å². The van der Waals surface area contributed by atoms with E-state index in [0.29, 0.717) is 25.9 Å². The summed E-state index contributed by atoms with van der Waals surface area (Å²) in [5, 5.41) is 3.73.